The van der Waals surface area contributed by atoms with Crippen molar-refractivity contribution in [1.82, 2.24) is 0 Å². The van der Waals surface area contributed by atoms with Crippen LogP contribution in [0.3, 0.4) is 0 Å². The van der Waals surface area contributed by atoms with Gasteiger partial charge in [0.1, 0.15) is 0 Å². The Hall–Kier alpha value is -0.330. The van der Waals surface area contributed by atoms with Gasteiger partial charge in [-0.05, 0) is 73.7 Å². The van der Waals surface area contributed by atoms with Crippen molar-refractivity contribution >= 4 is 14.2 Å². The van der Waals surface area contributed by atoms with E-state index in [1.807, 2.05) is 33.7 Å². The molecule has 3 fully saturated rings. The molecule has 2 heterocycles. The summed E-state index contributed by atoms with van der Waals surface area (Å²) in [5, 5.41) is 10.7. The molecule has 7 heteroatoms. The van der Waals surface area contributed by atoms with Crippen molar-refractivity contribution in [1.29, 1.82) is 0 Å². The summed E-state index contributed by atoms with van der Waals surface area (Å²) in [6, 6.07) is 0. The first-order chi connectivity index (χ1) is 12.3. The van der Waals surface area contributed by atoms with Gasteiger partial charge in [0.2, 0.25) is 0 Å². The van der Waals surface area contributed by atoms with Crippen LogP contribution in [0.5, 0.6) is 0 Å². The molecule has 0 aromatic heterocycles. The minimum Gasteiger partial charge on any atom is -0.400 e. The molecule has 0 spiro atoms. The van der Waals surface area contributed by atoms with Gasteiger partial charge in [0.25, 0.3) is 0 Å². The molecule has 0 radical (unpaired) electrons. The minimum absolute atomic E-state index is 0.00692. The van der Waals surface area contributed by atoms with E-state index in [4.69, 9.17) is 18.6 Å². The first-order valence-corrected chi connectivity index (χ1v) is 10.4. The van der Waals surface area contributed by atoms with Gasteiger partial charge in [-0.2, -0.15) is 0 Å². The molecular formula is C20H36B2O5. The highest BCUT2D eigenvalue weighted by Gasteiger charge is 2.55. The van der Waals surface area contributed by atoms with Gasteiger partial charge < -0.3 is 23.7 Å². The monoisotopic (exact) mass is 378 g/mol. The van der Waals surface area contributed by atoms with E-state index in [1.54, 1.807) is 0 Å². The SMILES string of the molecule is CC1(C)OB(/C=C(\B2OC(C)(C)C(C)(C)O2)[C@@H]2CCCC[C@@H]2O)OC1(C)C. The molecule has 27 heavy (non-hydrogen) atoms. The Bertz CT molecular complexity index is 567. The maximum Gasteiger partial charge on any atom is 0.489 e. The fourth-order valence-electron chi connectivity index (χ4n) is 3.97. The highest BCUT2D eigenvalue weighted by atomic mass is 16.7. The average Bonchev–Trinajstić information content (AvgIpc) is 2.85. The van der Waals surface area contributed by atoms with Crippen LogP contribution in [0.1, 0.15) is 81.1 Å². The Balaban J connectivity index is 1.92. The Kier molecular flexibility index (Phi) is 5.44. The van der Waals surface area contributed by atoms with E-state index >= 15 is 0 Å². The topological polar surface area (TPSA) is 57.2 Å². The molecule has 152 valence electrons. The van der Waals surface area contributed by atoms with Gasteiger partial charge in [0.05, 0.1) is 28.5 Å². The molecule has 2 atom stereocenters. The third-order valence-corrected chi connectivity index (χ3v) is 7.28. The van der Waals surface area contributed by atoms with Crippen LogP contribution >= 0.6 is 0 Å². The maximum atomic E-state index is 10.7. The van der Waals surface area contributed by atoms with E-state index < -0.39 is 36.6 Å². The van der Waals surface area contributed by atoms with Crippen LogP contribution in [0.25, 0.3) is 0 Å². The van der Waals surface area contributed by atoms with Crippen LogP contribution < -0.4 is 0 Å². The van der Waals surface area contributed by atoms with Crippen molar-refractivity contribution in [2.45, 2.75) is 110 Å². The summed E-state index contributed by atoms with van der Waals surface area (Å²) in [4.78, 5) is 0. The molecule has 3 aliphatic rings. The standard InChI is InChI=1S/C20H36B2O5/c1-17(2)18(3,4)25-21(24-17)13-15(14-11-9-10-12-16(14)23)22-26-19(5,6)20(7,8)27-22/h13-14,16,23H,9-12H2,1-8H3/b15-13-/t14-,16-/m0/s1. The molecule has 1 saturated carbocycles. The van der Waals surface area contributed by atoms with Crippen LogP contribution in [-0.2, 0) is 18.6 Å². The molecule has 0 aromatic rings. The van der Waals surface area contributed by atoms with Crippen molar-refractivity contribution in [2.75, 3.05) is 0 Å². The molecule has 3 rings (SSSR count). The zero-order valence-corrected chi connectivity index (χ0v) is 18.3. The van der Waals surface area contributed by atoms with E-state index in [1.165, 1.54) is 0 Å². The molecular weight excluding hydrogens is 342 g/mol. The van der Waals surface area contributed by atoms with Crippen LogP contribution in [0.4, 0.5) is 0 Å². The highest BCUT2D eigenvalue weighted by molar-refractivity contribution is 6.60. The zero-order valence-electron chi connectivity index (χ0n) is 18.3. The van der Waals surface area contributed by atoms with Crippen LogP contribution in [0.2, 0.25) is 0 Å². The number of aliphatic hydroxyl groups excluding tert-OH is 1. The van der Waals surface area contributed by atoms with E-state index in [-0.39, 0.29) is 12.0 Å². The van der Waals surface area contributed by atoms with Gasteiger partial charge >= 0.3 is 14.2 Å². The summed E-state index contributed by atoms with van der Waals surface area (Å²) in [6.45, 7) is 16.4. The molecule has 1 aliphatic carbocycles. The third kappa shape index (κ3) is 3.91. The van der Waals surface area contributed by atoms with Gasteiger partial charge in [-0.25, -0.2) is 0 Å². The van der Waals surface area contributed by atoms with E-state index in [0.717, 1.165) is 31.2 Å². The molecule has 1 N–H and O–H groups in total. The lowest BCUT2D eigenvalue weighted by Gasteiger charge is -2.32. The Morgan fingerprint density at radius 2 is 1.22 bits per heavy atom. The van der Waals surface area contributed by atoms with Gasteiger partial charge in [0, 0.05) is 5.92 Å². The van der Waals surface area contributed by atoms with Crippen molar-refractivity contribution in [3.63, 3.8) is 0 Å². The number of hydrogen-bond acceptors (Lipinski definition) is 5. The van der Waals surface area contributed by atoms with Gasteiger partial charge in [-0.3, -0.25) is 0 Å². The van der Waals surface area contributed by atoms with Gasteiger partial charge in [-0.1, -0.05) is 18.8 Å². The summed E-state index contributed by atoms with van der Waals surface area (Å²) in [5.74, 6) is 2.00. The quantitative estimate of drug-likeness (QED) is 0.759. The number of aliphatic hydroxyl groups is 1. The van der Waals surface area contributed by atoms with E-state index in [2.05, 4.69) is 27.7 Å². The summed E-state index contributed by atoms with van der Waals surface area (Å²) in [7, 11) is -0.968. The van der Waals surface area contributed by atoms with Crippen molar-refractivity contribution < 1.29 is 23.7 Å². The lowest BCUT2D eigenvalue weighted by molar-refractivity contribution is 0.00578. The van der Waals surface area contributed by atoms with Gasteiger partial charge in [0.15, 0.2) is 0 Å². The predicted octanol–water partition coefficient (Wildman–Crippen LogP) is 3.73. The molecule has 0 bridgehead atoms. The average molecular weight is 378 g/mol. The van der Waals surface area contributed by atoms with E-state index in [9.17, 15) is 5.11 Å². The first-order valence-electron chi connectivity index (χ1n) is 10.4. The smallest absolute Gasteiger partial charge is 0.400 e. The van der Waals surface area contributed by atoms with E-state index in [0.29, 0.717) is 0 Å². The third-order valence-electron chi connectivity index (χ3n) is 7.28. The molecule has 5 nitrogen and oxygen atoms in total. The Morgan fingerprint density at radius 3 is 1.70 bits per heavy atom. The normalized spacial score (nSPS) is 34.9. The predicted molar refractivity (Wildman–Crippen MR) is 108 cm³/mol. The maximum absolute atomic E-state index is 10.7. The second-order valence-corrected chi connectivity index (χ2v) is 10.3. The Labute approximate surface area is 165 Å². The Morgan fingerprint density at radius 1 is 0.778 bits per heavy atom. The zero-order chi connectivity index (χ0) is 20.3. The lowest BCUT2D eigenvalue weighted by atomic mass is 9.62. The van der Waals surface area contributed by atoms with Crippen LogP contribution in [0, 0.1) is 5.92 Å². The summed E-state index contributed by atoms with van der Waals surface area (Å²) < 4.78 is 25.0. The van der Waals surface area contributed by atoms with Crippen molar-refractivity contribution in [3.8, 4) is 0 Å². The highest BCUT2D eigenvalue weighted by Crippen LogP contribution is 2.43. The van der Waals surface area contributed by atoms with Crippen LogP contribution in [-0.4, -0.2) is 47.9 Å². The second kappa shape index (κ2) is 6.87. The first kappa shape index (κ1) is 21.4. The molecule has 0 aromatic carbocycles. The molecule has 2 saturated heterocycles. The lowest BCUT2D eigenvalue weighted by Crippen LogP contribution is -2.41. The van der Waals surface area contributed by atoms with Crippen molar-refractivity contribution in [2.24, 2.45) is 5.92 Å². The number of hydrogen-bond donors (Lipinski definition) is 1. The van der Waals surface area contributed by atoms with Gasteiger partial charge in [-0.15, -0.1) is 0 Å². The minimum atomic E-state index is -0.494. The largest absolute Gasteiger partial charge is 0.489 e. The summed E-state index contributed by atoms with van der Waals surface area (Å²) >= 11 is 0. The second-order valence-electron chi connectivity index (χ2n) is 10.3. The summed E-state index contributed by atoms with van der Waals surface area (Å²) in [5.41, 5.74) is -0.696. The number of rotatable bonds is 3. The fraction of sp³-hybridized carbons (Fsp3) is 0.900. The van der Waals surface area contributed by atoms with Crippen molar-refractivity contribution in [3.05, 3.63) is 11.4 Å². The molecule has 2 aliphatic heterocycles. The van der Waals surface area contributed by atoms with Crippen LogP contribution in [0.15, 0.2) is 11.4 Å². The molecule has 0 amide bonds. The summed E-state index contributed by atoms with van der Waals surface area (Å²) in [6.07, 6.45) is 3.51. The molecule has 0 unspecified atom stereocenters. The fourth-order valence-corrected chi connectivity index (χ4v) is 3.97.